The molecule has 2 rings (SSSR count). The second kappa shape index (κ2) is 4.57. The van der Waals surface area contributed by atoms with Crippen molar-refractivity contribution < 1.29 is 19.1 Å². The van der Waals surface area contributed by atoms with Crippen LogP contribution in [0.4, 0.5) is 4.39 Å². The van der Waals surface area contributed by atoms with E-state index >= 15 is 0 Å². The molecule has 0 aliphatic carbocycles. The van der Waals surface area contributed by atoms with Crippen molar-refractivity contribution in [2.45, 2.75) is 12.5 Å². The fourth-order valence-corrected chi connectivity index (χ4v) is 2.36. The summed E-state index contributed by atoms with van der Waals surface area (Å²) in [7, 11) is 1.52. The summed E-state index contributed by atoms with van der Waals surface area (Å²) in [6.07, 6.45) is -0.0687. The van der Waals surface area contributed by atoms with Gasteiger partial charge in [0, 0.05) is 13.5 Å². The maximum absolute atomic E-state index is 13.4. The Morgan fingerprint density at radius 1 is 1.56 bits per heavy atom. The van der Waals surface area contributed by atoms with Crippen molar-refractivity contribution in [3.8, 4) is 0 Å². The molecule has 1 aliphatic heterocycles. The maximum atomic E-state index is 13.4. The minimum absolute atomic E-state index is 0.0300. The van der Waals surface area contributed by atoms with Crippen LogP contribution in [0.25, 0.3) is 0 Å². The first-order valence-electron chi connectivity index (χ1n) is 5.35. The summed E-state index contributed by atoms with van der Waals surface area (Å²) in [5.41, 5.74) is 0.442. The highest BCUT2D eigenvalue weighted by Crippen LogP contribution is 2.37. The van der Waals surface area contributed by atoms with Crippen molar-refractivity contribution in [1.29, 1.82) is 0 Å². The number of carboxylic acid groups (broad SMARTS) is 1. The number of halogens is 2. The van der Waals surface area contributed by atoms with Gasteiger partial charge in [0.15, 0.2) is 0 Å². The molecule has 1 aromatic carbocycles. The monoisotopic (exact) mass is 271 g/mol. The number of likely N-dealkylation sites (tertiary alicyclic amines) is 1. The third kappa shape index (κ3) is 2.06. The van der Waals surface area contributed by atoms with Crippen LogP contribution in [0, 0.1) is 11.7 Å². The molecule has 1 saturated heterocycles. The molecule has 1 aliphatic rings. The molecule has 0 saturated carbocycles. The number of rotatable bonds is 2. The van der Waals surface area contributed by atoms with Gasteiger partial charge in [0.1, 0.15) is 5.82 Å². The number of nitrogens with zero attached hydrogens (tertiary/aromatic N) is 1. The zero-order valence-electron chi connectivity index (χ0n) is 9.56. The van der Waals surface area contributed by atoms with Gasteiger partial charge in [-0.1, -0.05) is 17.7 Å². The van der Waals surface area contributed by atoms with Gasteiger partial charge < -0.3 is 10.0 Å². The largest absolute Gasteiger partial charge is 0.481 e. The Morgan fingerprint density at radius 3 is 2.78 bits per heavy atom. The molecule has 0 aromatic heterocycles. The first kappa shape index (κ1) is 12.8. The lowest BCUT2D eigenvalue weighted by Crippen LogP contribution is -2.26. The van der Waals surface area contributed by atoms with Gasteiger partial charge in [0.25, 0.3) is 0 Å². The molecular formula is C12H11ClFNO3. The number of benzene rings is 1. The highest BCUT2D eigenvalue weighted by molar-refractivity contribution is 6.30. The molecule has 1 heterocycles. The summed E-state index contributed by atoms with van der Waals surface area (Å²) in [5, 5.41) is 9.08. The molecule has 96 valence electrons. The Labute approximate surface area is 108 Å². The van der Waals surface area contributed by atoms with Crippen LogP contribution in [0.5, 0.6) is 0 Å². The van der Waals surface area contributed by atoms with Gasteiger partial charge in [0.2, 0.25) is 5.91 Å². The minimum Gasteiger partial charge on any atom is -0.481 e. The molecule has 1 aromatic rings. The van der Waals surface area contributed by atoms with E-state index in [4.69, 9.17) is 16.7 Å². The average molecular weight is 272 g/mol. The van der Waals surface area contributed by atoms with Crippen molar-refractivity contribution in [3.05, 3.63) is 34.6 Å². The van der Waals surface area contributed by atoms with Crippen molar-refractivity contribution in [2.75, 3.05) is 7.05 Å². The lowest BCUT2D eigenvalue weighted by atomic mass is 9.94. The number of carbonyl (C=O) groups excluding carboxylic acids is 1. The quantitative estimate of drug-likeness (QED) is 0.896. The summed E-state index contributed by atoms with van der Waals surface area (Å²) >= 11 is 5.58. The second-order valence-corrected chi connectivity index (χ2v) is 4.68. The molecule has 0 radical (unpaired) electrons. The fraction of sp³-hybridized carbons (Fsp3) is 0.333. The van der Waals surface area contributed by atoms with Crippen LogP contribution < -0.4 is 0 Å². The van der Waals surface area contributed by atoms with Crippen LogP contribution in [-0.2, 0) is 9.59 Å². The molecule has 0 spiro atoms. The van der Waals surface area contributed by atoms with Gasteiger partial charge in [-0.2, -0.15) is 0 Å². The van der Waals surface area contributed by atoms with E-state index in [1.807, 2.05) is 0 Å². The third-order valence-electron chi connectivity index (χ3n) is 3.19. The predicted octanol–water partition coefficient (Wildman–Crippen LogP) is 2.08. The van der Waals surface area contributed by atoms with Gasteiger partial charge >= 0.3 is 5.97 Å². The maximum Gasteiger partial charge on any atom is 0.309 e. The number of aliphatic carboxylic acids is 1. The van der Waals surface area contributed by atoms with Crippen molar-refractivity contribution in [1.82, 2.24) is 4.90 Å². The first-order valence-corrected chi connectivity index (χ1v) is 5.73. The minimum atomic E-state index is -1.06. The van der Waals surface area contributed by atoms with E-state index in [1.54, 1.807) is 6.07 Å². The zero-order chi connectivity index (χ0) is 13.4. The highest BCUT2D eigenvalue weighted by Gasteiger charge is 2.42. The van der Waals surface area contributed by atoms with Gasteiger partial charge in [-0.3, -0.25) is 9.59 Å². The predicted molar refractivity (Wildman–Crippen MR) is 62.7 cm³/mol. The van der Waals surface area contributed by atoms with Crippen LogP contribution in [0.1, 0.15) is 18.0 Å². The molecule has 1 N–H and O–H groups in total. The number of carbonyl (C=O) groups is 2. The molecule has 2 atom stereocenters. The van der Waals surface area contributed by atoms with Crippen molar-refractivity contribution in [2.24, 2.45) is 5.92 Å². The standard InChI is InChI=1S/C12H11ClFNO3/c1-15-10(16)5-7(12(17)18)11(15)6-2-3-8(13)9(14)4-6/h2-4,7,11H,5H2,1H3,(H,17,18)/t7-,11-/m0/s1. The number of hydrogen-bond donors (Lipinski definition) is 1. The number of amides is 1. The summed E-state index contributed by atoms with van der Waals surface area (Å²) in [6.45, 7) is 0. The van der Waals surface area contributed by atoms with E-state index < -0.39 is 23.7 Å². The van der Waals surface area contributed by atoms with Crippen LogP contribution in [0.3, 0.4) is 0 Å². The third-order valence-corrected chi connectivity index (χ3v) is 3.50. The van der Waals surface area contributed by atoms with Gasteiger partial charge in [0.05, 0.1) is 17.0 Å². The van der Waals surface area contributed by atoms with Crippen LogP contribution in [-0.4, -0.2) is 28.9 Å². The summed E-state index contributed by atoms with van der Waals surface area (Å²) in [5.74, 6) is -2.80. The van der Waals surface area contributed by atoms with Gasteiger partial charge in [-0.05, 0) is 17.7 Å². The molecular weight excluding hydrogens is 261 g/mol. The lowest BCUT2D eigenvalue weighted by Gasteiger charge is -2.23. The number of hydrogen-bond acceptors (Lipinski definition) is 2. The molecule has 0 unspecified atom stereocenters. The SMILES string of the molecule is CN1C(=O)C[C@H](C(=O)O)[C@@H]1c1ccc(Cl)c(F)c1. The van der Waals surface area contributed by atoms with Crippen LogP contribution in [0.15, 0.2) is 18.2 Å². The second-order valence-electron chi connectivity index (χ2n) is 4.27. The van der Waals surface area contributed by atoms with Gasteiger partial charge in [-0.15, -0.1) is 0 Å². The van der Waals surface area contributed by atoms with Gasteiger partial charge in [-0.25, -0.2) is 4.39 Å². The Bertz CT molecular complexity index is 520. The fourth-order valence-electron chi connectivity index (χ4n) is 2.24. The topological polar surface area (TPSA) is 57.6 Å². The smallest absolute Gasteiger partial charge is 0.309 e. The van der Waals surface area contributed by atoms with E-state index in [0.29, 0.717) is 5.56 Å². The highest BCUT2D eigenvalue weighted by atomic mass is 35.5. The molecule has 0 bridgehead atoms. The molecule has 1 amide bonds. The van der Waals surface area contributed by atoms with Crippen LogP contribution in [0.2, 0.25) is 5.02 Å². The molecule has 6 heteroatoms. The lowest BCUT2D eigenvalue weighted by molar-refractivity contribution is -0.142. The van der Waals surface area contributed by atoms with Crippen molar-refractivity contribution in [3.63, 3.8) is 0 Å². The number of carboxylic acids is 1. The van der Waals surface area contributed by atoms with E-state index in [0.717, 1.165) is 0 Å². The Hall–Kier alpha value is -1.62. The van der Waals surface area contributed by atoms with E-state index in [9.17, 15) is 14.0 Å². The summed E-state index contributed by atoms with van der Waals surface area (Å²) < 4.78 is 13.4. The van der Waals surface area contributed by atoms with E-state index in [-0.39, 0.29) is 17.4 Å². The Morgan fingerprint density at radius 2 is 2.22 bits per heavy atom. The Kier molecular flexibility index (Phi) is 3.26. The Balaban J connectivity index is 2.42. The zero-order valence-corrected chi connectivity index (χ0v) is 10.3. The summed E-state index contributed by atoms with van der Waals surface area (Å²) in [4.78, 5) is 24.0. The average Bonchev–Trinajstić information content (AvgIpc) is 2.60. The van der Waals surface area contributed by atoms with E-state index in [2.05, 4.69) is 0 Å². The van der Waals surface area contributed by atoms with E-state index in [1.165, 1.54) is 24.1 Å². The van der Waals surface area contributed by atoms with Crippen molar-refractivity contribution >= 4 is 23.5 Å². The van der Waals surface area contributed by atoms with Crippen LogP contribution >= 0.6 is 11.6 Å². The molecule has 18 heavy (non-hydrogen) atoms. The summed E-state index contributed by atoms with van der Waals surface area (Å²) in [6, 6.07) is 3.43. The molecule has 4 nitrogen and oxygen atoms in total. The first-order chi connectivity index (χ1) is 8.41. The normalized spacial score (nSPS) is 23.5. The molecule has 1 fully saturated rings.